The maximum absolute atomic E-state index is 12.0. The minimum atomic E-state index is -0.753. The van der Waals surface area contributed by atoms with E-state index in [0.29, 0.717) is 0 Å². The number of methoxy groups -OCH3 is 1. The van der Waals surface area contributed by atoms with Crippen molar-refractivity contribution in [3.8, 4) is 11.5 Å². The number of carbonyl (C=O) groups is 2. The summed E-state index contributed by atoms with van der Waals surface area (Å²) in [5, 5.41) is 16.0. The minimum Gasteiger partial charge on any atom is -0.493 e. The lowest BCUT2D eigenvalue weighted by atomic mass is 10.1. The molecule has 0 aromatic heterocycles. The minimum absolute atomic E-state index is 0.00651. The van der Waals surface area contributed by atoms with Crippen LogP contribution in [0, 0.1) is 10.1 Å². The van der Waals surface area contributed by atoms with E-state index in [9.17, 15) is 19.7 Å². The second-order valence-corrected chi connectivity index (χ2v) is 6.30. The van der Waals surface area contributed by atoms with Gasteiger partial charge in [0.1, 0.15) is 12.2 Å². The fourth-order valence-corrected chi connectivity index (χ4v) is 2.79. The number of hydrogen-bond acceptors (Lipinski definition) is 7. The summed E-state index contributed by atoms with van der Waals surface area (Å²) in [5.74, 6) is -1.14. The van der Waals surface area contributed by atoms with Crippen molar-refractivity contribution in [3.05, 3.63) is 69.3 Å². The van der Waals surface area contributed by atoms with Gasteiger partial charge >= 0.3 is 0 Å². The molecule has 9 nitrogen and oxygen atoms in total. The molecule has 0 aliphatic carbocycles. The van der Waals surface area contributed by atoms with E-state index in [0.717, 1.165) is 11.6 Å². The molecule has 2 amide bonds. The first kappa shape index (κ1) is 20.0. The highest BCUT2D eigenvalue weighted by Crippen LogP contribution is 2.36. The van der Waals surface area contributed by atoms with Gasteiger partial charge in [-0.3, -0.25) is 30.3 Å². The summed E-state index contributed by atoms with van der Waals surface area (Å²) in [4.78, 5) is 35.0. The Morgan fingerprint density at radius 1 is 1.10 bits per heavy atom. The number of thiocarbonyl (C=S) groups is 1. The van der Waals surface area contributed by atoms with Crippen molar-refractivity contribution in [1.29, 1.82) is 0 Å². The number of ether oxygens (including phenoxy) is 2. The Kier molecular flexibility index (Phi) is 5.84. The molecule has 1 fully saturated rings. The molecule has 1 heterocycles. The molecule has 148 valence electrons. The highest BCUT2D eigenvalue weighted by atomic mass is 32.1. The zero-order chi connectivity index (χ0) is 21.0. The number of nitrogens with one attached hydrogen (secondary N) is 2. The molecular formula is C19H15N3O6S. The lowest BCUT2D eigenvalue weighted by Gasteiger charge is -2.16. The number of nitrogens with zero attached hydrogens (tertiary/aromatic N) is 1. The Bertz CT molecular complexity index is 1010. The first-order chi connectivity index (χ1) is 13.9. The number of hydrogen-bond donors (Lipinski definition) is 2. The van der Waals surface area contributed by atoms with Gasteiger partial charge in [0.15, 0.2) is 16.6 Å². The molecular weight excluding hydrogens is 398 g/mol. The number of rotatable bonds is 6. The molecule has 0 spiro atoms. The Labute approximate surface area is 170 Å². The van der Waals surface area contributed by atoms with Crippen LogP contribution >= 0.6 is 12.2 Å². The van der Waals surface area contributed by atoms with Gasteiger partial charge in [-0.15, -0.1) is 0 Å². The normalized spacial score (nSPS) is 13.4. The number of nitro groups is 1. The molecule has 1 aliphatic heterocycles. The molecule has 3 rings (SSSR count). The molecule has 2 aromatic carbocycles. The Morgan fingerprint density at radius 3 is 2.34 bits per heavy atom. The molecule has 0 radical (unpaired) electrons. The van der Waals surface area contributed by atoms with Crippen LogP contribution in [-0.4, -0.2) is 29.0 Å². The molecule has 29 heavy (non-hydrogen) atoms. The maximum atomic E-state index is 12.0. The molecule has 10 heteroatoms. The number of carbonyl (C=O) groups excluding carboxylic acids is 2. The monoisotopic (exact) mass is 413 g/mol. The molecule has 2 aromatic rings. The van der Waals surface area contributed by atoms with Crippen LogP contribution < -0.4 is 20.1 Å². The maximum Gasteiger partial charge on any atom is 0.280 e. The van der Waals surface area contributed by atoms with Crippen molar-refractivity contribution in [1.82, 2.24) is 10.6 Å². The number of amides is 2. The summed E-state index contributed by atoms with van der Waals surface area (Å²) in [6.07, 6.45) is 1.11. The van der Waals surface area contributed by atoms with E-state index in [1.54, 1.807) is 0 Å². The zero-order valence-electron chi connectivity index (χ0n) is 15.1. The smallest absolute Gasteiger partial charge is 0.280 e. The van der Waals surface area contributed by atoms with Crippen LogP contribution in [0.2, 0.25) is 0 Å². The fraction of sp³-hybridized carbons (Fsp3) is 0.105. The van der Waals surface area contributed by atoms with Crippen molar-refractivity contribution in [3.63, 3.8) is 0 Å². The SMILES string of the molecule is COc1cc(C=C2C(=O)NC(=S)NC2=O)c([N+](=O)[O-])cc1OCc1ccccc1. The standard InChI is InChI=1S/C19H15N3O6S/c1-27-15-8-12(7-13-17(23)20-19(29)21-18(13)24)14(22(25)26)9-16(15)28-10-11-5-3-2-4-6-11/h2-9H,10H2,1H3,(H2,20,21,23,24,29). The van der Waals surface area contributed by atoms with E-state index in [2.05, 4.69) is 10.6 Å². The highest BCUT2D eigenvalue weighted by molar-refractivity contribution is 7.80. The van der Waals surface area contributed by atoms with Crippen molar-refractivity contribution < 1.29 is 24.0 Å². The Balaban J connectivity index is 1.99. The second kappa shape index (κ2) is 8.48. The fourth-order valence-electron chi connectivity index (χ4n) is 2.61. The number of nitro benzene ring substituents is 1. The largest absolute Gasteiger partial charge is 0.493 e. The topological polar surface area (TPSA) is 120 Å². The number of benzene rings is 2. The third kappa shape index (κ3) is 4.55. The van der Waals surface area contributed by atoms with Crippen LogP contribution in [0.5, 0.6) is 11.5 Å². The predicted molar refractivity (Wildman–Crippen MR) is 107 cm³/mol. The van der Waals surface area contributed by atoms with Gasteiger partial charge in [0, 0.05) is 0 Å². The quantitative estimate of drug-likeness (QED) is 0.245. The van der Waals surface area contributed by atoms with Crippen LogP contribution in [0.25, 0.3) is 6.08 Å². The Morgan fingerprint density at radius 2 is 1.76 bits per heavy atom. The summed E-state index contributed by atoms with van der Waals surface area (Å²) in [7, 11) is 1.38. The third-order valence-corrected chi connectivity index (χ3v) is 4.19. The van der Waals surface area contributed by atoms with E-state index in [-0.39, 0.29) is 40.0 Å². The molecule has 0 saturated carbocycles. The van der Waals surface area contributed by atoms with Crippen molar-refractivity contribution in [2.75, 3.05) is 7.11 Å². The average molecular weight is 413 g/mol. The second-order valence-electron chi connectivity index (χ2n) is 5.89. The first-order valence-corrected chi connectivity index (χ1v) is 8.71. The van der Waals surface area contributed by atoms with E-state index in [1.807, 2.05) is 30.3 Å². The average Bonchev–Trinajstić information content (AvgIpc) is 2.69. The molecule has 0 unspecified atom stereocenters. The lowest BCUT2D eigenvalue weighted by Crippen LogP contribution is -2.51. The van der Waals surface area contributed by atoms with Gasteiger partial charge in [0.2, 0.25) is 0 Å². The molecule has 2 N–H and O–H groups in total. The van der Waals surface area contributed by atoms with Gasteiger partial charge in [0.05, 0.1) is 23.7 Å². The highest BCUT2D eigenvalue weighted by Gasteiger charge is 2.28. The van der Waals surface area contributed by atoms with E-state index >= 15 is 0 Å². The van der Waals surface area contributed by atoms with Crippen LogP contribution in [0.4, 0.5) is 5.69 Å². The van der Waals surface area contributed by atoms with Gasteiger partial charge in [-0.2, -0.15) is 0 Å². The van der Waals surface area contributed by atoms with E-state index in [4.69, 9.17) is 21.7 Å². The lowest BCUT2D eigenvalue weighted by molar-refractivity contribution is -0.385. The van der Waals surface area contributed by atoms with E-state index < -0.39 is 16.7 Å². The molecule has 0 atom stereocenters. The van der Waals surface area contributed by atoms with Crippen LogP contribution in [0.3, 0.4) is 0 Å². The van der Waals surface area contributed by atoms with Gasteiger partial charge in [-0.1, -0.05) is 30.3 Å². The van der Waals surface area contributed by atoms with Gasteiger partial charge in [0.25, 0.3) is 17.5 Å². The summed E-state index contributed by atoms with van der Waals surface area (Å²) >= 11 is 4.73. The molecule has 1 aliphatic rings. The summed E-state index contributed by atoms with van der Waals surface area (Å²) in [6.45, 7) is 0.178. The molecule has 0 bridgehead atoms. The summed E-state index contributed by atoms with van der Waals surface area (Å²) in [5.41, 5.74) is 0.207. The van der Waals surface area contributed by atoms with Crippen molar-refractivity contribution >= 4 is 40.9 Å². The van der Waals surface area contributed by atoms with Crippen molar-refractivity contribution in [2.24, 2.45) is 0 Å². The van der Waals surface area contributed by atoms with Gasteiger partial charge in [-0.05, 0) is 29.9 Å². The zero-order valence-corrected chi connectivity index (χ0v) is 15.9. The Hall–Kier alpha value is -3.79. The van der Waals surface area contributed by atoms with Crippen molar-refractivity contribution in [2.45, 2.75) is 6.61 Å². The van der Waals surface area contributed by atoms with E-state index in [1.165, 1.54) is 19.2 Å². The molecule has 1 saturated heterocycles. The third-order valence-electron chi connectivity index (χ3n) is 3.99. The summed E-state index contributed by atoms with van der Waals surface area (Å²) in [6, 6.07) is 11.8. The predicted octanol–water partition coefficient (Wildman–Crippen LogP) is 2.10. The van der Waals surface area contributed by atoms with Crippen LogP contribution in [0.15, 0.2) is 48.0 Å². The van der Waals surface area contributed by atoms with Gasteiger partial charge in [-0.25, -0.2) is 0 Å². The van der Waals surface area contributed by atoms with Crippen LogP contribution in [-0.2, 0) is 16.2 Å². The summed E-state index contributed by atoms with van der Waals surface area (Å²) < 4.78 is 11.0. The van der Waals surface area contributed by atoms with Crippen LogP contribution in [0.1, 0.15) is 11.1 Å². The first-order valence-electron chi connectivity index (χ1n) is 8.30. The van der Waals surface area contributed by atoms with Gasteiger partial charge < -0.3 is 9.47 Å².